The van der Waals surface area contributed by atoms with Gasteiger partial charge >= 0.3 is 6.03 Å². The van der Waals surface area contributed by atoms with Crippen LogP contribution in [0.2, 0.25) is 0 Å². The minimum Gasteiger partial charge on any atom is -0.369 e. The van der Waals surface area contributed by atoms with Gasteiger partial charge in [-0.1, -0.05) is 20.8 Å². The Bertz CT molecular complexity index is 517. The topological polar surface area (TPSA) is 67.4 Å². The van der Waals surface area contributed by atoms with E-state index in [-0.39, 0.29) is 30.9 Å². The molecule has 8 heteroatoms. The van der Waals surface area contributed by atoms with Gasteiger partial charge in [0, 0.05) is 12.0 Å². The lowest BCUT2D eigenvalue weighted by Gasteiger charge is -2.32. The van der Waals surface area contributed by atoms with Crippen LogP contribution in [-0.4, -0.2) is 53.4 Å². The second-order valence-electron chi connectivity index (χ2n) is 6.17. The fraction of sp³-hybridized carbons (Fsp3) is 0.643. The first-order chi connectivity index (χ1) is 10.3. The van der Waals surface area contributed by atoms with Crippen molar-refractivity contribution in [3.8, 4) is 0 Å². The smallest absolute Gasteiger partial charge is 0.323 e. The third-order valence-electron chi connectivity index (χ3n) is 3.33. The highest BCUT2D eigenvalue weighted by molar-refractivity contribution is 5.88. The molecule has 2 heterocycles. The molecule has 1 N–H and O–H groups in total. The van der Waals surface area contributed by atoms with E-state index in [1.54, 1.807) is 12.1 Å². The maximum Gasteiger partial charge on any atom is 0.323 e. The highest BCUT2D eigenvalue weighted by Crippen LogP contribution is 2.20. The highest BCUT2D eigenvalue weighted by atomic mass is 19.3. The molecule has 1 aliphatic heterocycles. The average molecular weight is 314 g/mol. The summed E-state index contributed by atoms with van der Waals surface area (Å²) in [7, 11) is 0. The van der Waals surface area contributed by atoms with Gasteiger partial charge in [0.2, 0.25) is 0 Å². The SMILES string of the molecule is CC(C)(C)c1ccc(NC(=O)N2CCOC(C(F)F)C2)nn1. The van der Waals surface area contributed by atoms with Crippen molar-refractivity contribution in [1.82, 2.24) is 15.1 Å². The highest BCUT2D eigenvalue weighted by Gasteiger charge is 2.30. The van der Waals surface area contributed by atoms with Crippen molar-refractivity contribution in [3.63, 3.8) is 0 Å². The lowest BCUT2D eigenvalue weighted by atomic mass is 9.92. The molecule has 0 aliphatic carbocycles. The van der Waals surface area contributed by atoms with Crippen molar-refractivity contribution in [2.24, 2.45) is 0 Å². The Labute approximate surface area is 127 Å². The first-order valence-electron chi connectivity index (χ1n) is 7.07. The molecule has 0 spiro atoms. The van der Waals surface area contributed by atoms with E-state index in [2.05, 4.69) is 15.5 Å². The van der Waals surface area contributed by atoms with Crippen LogP contribution in [0.15, 0.2) is 12.1 Å². The van der Waals surface area contributed by atoms with Gasteiger partial charge in [0.15, 0.2) is 5.82 Å². The van der Waals surface area contributed by atoms with Gasteiger partial charge in [-0.3, -0.25) is 5.32 Å². The third kappa shape index (κ3) is 4.09. The molecule has 0 radical (unpaired) electrons. The van der Waals surface area contributed by atoms with Crippen LogP contribution in [-0.2, 0) is 10.2 Å². The molecule has 1 aromatic rings. The molecular weight excluding hydrogens is 294 g/mol. The molecular formula is C14H20F2N4O2. The Morgan fingerprint density at radius 2 is 2.14 bits per heavy atom. The van der Waals surface area contributed by atoms with E-state index in [9.17, 15) is 13.6 Å². The minimum absolute atomic E-state index is 0.0943. The molecule has 22 heavy (non-hydrogen) atoms. The Kier molecular flexibility index (Phi) is 4.90. The summed E-state index contributed by atoms with van der Waals surface area (Å²) < 4.78 is 30.2. The van der Waals surface area contributed by atoms with Gasteiger partial charge in [0.1, 0.15) is 6.10 Å². The third-order valence-corrected chi connectivity index (χ3v) is 3.33. The maximum atomic E-state index is 12.6. The Morgan fingerprint density at radius 1 is 1.41 bits per heavy atom. The summed E-state index contributed by atoms with van der Waals surface area (Å²) in [6.07, 6.45) is -3.85. The van der Waals surface area contributed by atoms with Crippen molar-refractivity contribution in [2.45, 2.75) is 38.7 Å². The standard InChI is InChI=1S/C14H20F2N4O2/c1-14(2,3)10-4-5-11(19-18-10)17-13(21)20-6-7-22-9(8-20)12(15)16/h4-5,9,12H,6-8H2,1-3H3,(H,17,19,21). The summed E-state index contributed by atoms with van der Waals surface area (Å²) in [6, 6.07) is 2.95. The molecule has 6 nitrogen and oxygen atoms in total. The number of hydrogen-bond acceptors (Lipinski definition) is 4. The fourth-order valence-electron chi connectivity index (χ4n) is 2.00. The van der Waals surface area contributed by atoms with Crippen molar-refractivity contribution >= 4 is 11.8 Å². The molecule has 2 rings (SSSR count). The number of halogens is 2. The van der Waals surface area contributed by atoms with Crippen molar-refractivity contribution in [3.05, 3.63) is 17.8 Å². The number of alkyl halides is 2. The minimum atomic E-state index is -2.61. The molecule has 0 bridgehead atoms. The second-order valence-corrected chi connectivity index (χ2v) is 6.17. The van der Waals surface area contributed by atoms with Crippen LogP contribution in [0, 0.1) is 0 Å². The molecule has 1 aliphatic rings. The second kappa shape index (κ2) is 6.51. The van der Waals surface area contributed by atoms with Crippen LogP contribution in [0.4, 0.5) is 19.4 Å². The van der Waals surface area contributed by atoms with Crippen LogP contribution >= 0.6 is 0 Å². The summed E-state index contributed by atoms with van der Waals surface area (Å²) in [5.74, 6) is 0.290. The zero-order valence-electron chi connectivity index (χ0n) is 12.8. The normalized spacial score (nSPS) is 19.4. The molecule has 1 unspecified atom stereocenters. The molecule has 1 aromatic heterocycles. The lowest BCUT2D eigenvalue weighted by Crippen LogP contribution is -2.49. The maximum absolute atomic E-state index is 12.6. The number of amides is 2. The van der Waals surface area contributed by atoms with Crippen LogP contribution in [0.25, 0.3) is 0 Å². The number of urea groups is 1. The summed E-state index contributed by atoms with van der Waals surface area (Å²) in [4.78, 5) is 13.4. The number of hydrogen-bond donors (Lipinski definition) is 1. The number of ether oxygens (including phenoxy) is 1. The number of morpholine rings is 1. The van der Waals surface area contributed by atoms with Gasteiger partial charge < -0.3 is 9.64 Å². The number of rotatable bonds is 2. The fourth-order valence-corrected chi connectivity index (χ4v) is 2.00. The van der Waals surface area contributed by atoms with E-state index in [1.165, 1.54) is 4.90 Å². The largest absolute Gasteiger partial charge is 0.369 e. The van der Waals surface area contributed by atoms with Gasteiger partial charge in [-0.15, -0.1) is 5.10 Å². The van der Waals surface area contributed by atoms with Crippen molar-refractivity contribution in [1.29, 1.82) is 0 Å². The van der Waals surface area contributed by atoms with Gasteiger partial charge in [-0.2, -0.15) is 5.10 Å². The Morgan fingerprint density at radius 3 is 2.68 bits per heavy atom. The number of nitrogens with one attached hydrogen (secondary N) is 1. The monoisotopic (exact) mass is 314 g/mol. The van der Waals surface area contributed by atoms with Crippen molar-refractivity contribution in [2.75, 3.05) is 25.0 Å². The van der Waals surface area contributed by atoms with Gasteiger partial charge in [-0.25, -0.2) is 13.6 Å². The van der Waals surface area contributed by atoms with Gasteiger partial charge in [0.05, 0.1) is 18.8 Å². The van der Waals surface area contributed by atoms with E-state index in [0.29, 0.717) is 0 Å². The predicted molar refractivity (Wildman–Crippen MR) is 77.1 cm³/mol. The molecule has 0 saturated carbocycles. The lowest BCUT2D eigenvalue weighted by molar-refractivity contribution is -0.0916. The summed E-state index contributed by atoms with van der Waals surface area (Å²) in [5.41, 5.74) is 0.666. The molecule has 0 aromatic carbocycles. The van der Waals surface area contributed by atoms with Crippen molar-refractivity contribution < 1.29 is 18.3 Å². The number of carbonyl (C=O) groups excluding carboxylic acids is 1. The average Bonchev–Trinajstić information content (AvgIpc) is 2.47. The van der Waals surface area contributed by atoms with E-state index in [4.69, 9.17) is 4.74 Å². The summed E-state index contributed by atoms with van der Waals surface area (Å²) in [5, 5.41) is 10.6. The predicted octanol–water partition coefficient (Wildman–Crippen LogP) is 2.27. The molecule has 1 saturated heterocycles. The number of aromatic nitrogens is 2. The first kappa shape index (κ1) is 16.5. The van der Waals surface area contributed by atoms with E-state index >= 15 is 0 Å². The first-order valence-corrected chi connectivity index (χ1v) is 7.07. The van der Waals surface area contributed by atoms with Crippen LogP contribution in [0.3, 0.4) is 0 Å². The van der Waals surface area contributed by atoms with E-state index in [1.807, 2.05) is 20.8 Å². The summed E-state index contributed by atoms with van der Waals surface area (Å²) in [6.45, 7) is 6.24. The molecule has 1 atom stereocenters. The summed E-state index contributed by atoms with van der Waals surface area (Å²) >= 11 is 0. The van der Waals surface area contributed by atoms with E-state index in [0.717, 1.165) is 5.69 Å². The van der Waals surface area contributed by atoms with Gasteiger partial charge in [-0.05, 0) is 12.1 Å². The Balaban J connectivity index is 1.97. The number of nitrogens with zero attached hydrogens (tertiary/aromatic N) is 3. The Hall–Kier alpha value is -1.83. The number of carbonyl (C=O) groups is 1. The molecule has 1 fully saturated rings. The number of anilines is 1. The molecule has 2 amide bonds. The quantitative estimate of drug-likeness (QED) is 0.909. The van der Waals surface area contributed by atoms with Crippen LogP contribution < -0.4 is 5.32 Å². The van der Waals surface area contributed by atoms with Crippen LogP contribution in [0.1, 0.15) is 26.5 Å². The van der Waals surface area contributed by atoms with E-state index < -0.39 is 18.6 Å². The van der Waals surface area contributed by atoms with Gasteiger partial charge in [0.25, 0.3) is 6.43 Å². The van der Waals surface area contributed by atoms with Crippen LogP contribution in [0.5, 0.6) is 0 Å². The zero-order valence-corrected chi connectivity index (χ0v) is 12.8. The zero-order chi connectivity index (χ0) is 16.3. The molecule has 122 valence electrons.